The van der Waals surface area contributed by atoms with Crippen LogP contribution in [0.25, 0.3) is 0 Å². The fourth-order valence-electron chi connectivity index (χ4n) is 2.16. The Bertz CT molecular complexity index is 242. The van der Waals surface area contributed by atoms with Gasteiger partial charge in [0.1, 0.15) is 0 Å². The third-order valence-corrected chi connectivity index (χ3v) is 3.34. The van der Waals surface area contributed by atoms with Gasteiger partial charge in [-0.1, -0.05) is 82.7 Å². The third-order valence-electron chi connectivity index (χ3n) is 3.34. The molecule has 0 amide bonds. The van der Waals surface area contributed by atoms with Crippen molar-refractivity contribution in [1.29, 1.82) is 0 Å². The Morgan fingerprint density at radius 3 is 2.00 bits per heavy atom. The molecule has 0 heterocycles. The molecule has 0 nitrogen and oxygen atoms in total. The number of hydrogen-bond acceptors (Lipinski definition) is 0. The van der Waals surface area contributed by atoms with Crippen LogP contribution in [-0.4, -0.2) is 0 Å². The van der Waals surface area contributed by atoms with Crippen molar-refractivity contribution < 1.29 is 0 Å². The second-order valence-electron chi connectivity index (χ2n) is 4.84. The average molecular weight is 218 g/mol. The monoisotopic (exact) mass is 218 g/mol. The predicted molar refractivity (Wildman–Crippen MR) is 72.7 cm³/mol. The van der Waals surface area contributed by atoms with Crippen LogP contribution in [0.1, 0.15) is 57.9 Å². The van der Waals surface area contributed by atoms with Crippen LogP contribution in [-0.2, 0) is 6.42 Å². The summed E-state index contributed by atoms with van der Waals surface area (Å²) in [6.45, 7) is 4.36. The van der Waals surface area contributed by atoms with Gasteiger partial charge in [0.05, 0.1) is 0 Å². The smallest absolute Gasteiger partial charge is 0.0250 e. The summed E-state index contributed by atoms with van der Waals surface area (Å²) < 4.78 is 0. The van der Waals surface area contributed by atoms with Crippen LogP contribution in [0.4, 0.5) is 0 Å². The summed E-state index contributed by atoms with van der Waals surface area (Å²) in [6, 6.07) is 10.9. The standard InChI is InChI=1S/C12H16.C4H10/c1-2-6-11(7-3-1)10-12-8-4-5-9-12;1-3-4-2/h1-3,6-7,12H,4-5,8-10H2;3-4H2,1-2H3. The van der Waals surface area contributed by atoms with Crippen LogP contribution < -0.4 is 0 Å². The average Bonchev–Trinajstić information content (AvgIpc) is 2.84. The molecule has 90 valence electrons. The SMILES string of the molecule is CCCC.c1ccc(CC2CCCC2)cc1. The van der Waals surface area contributed by atoms with E-state index in [1.54, 1.807) is 0 Å². The first-order valence-electron chi connectivity index (χ1n) is 6.90. The summed E-state index contributed by atoms with van der Waals surface area (Å²) in [5, 5.41) is 0. The van der Waals surface area contributed by atoms with Crippen molar-refractivity contribution in [2.24, 2.45) is 5.92 Å². The van der Waals surface area contributed by atoms with Crippen molar-refractivity contribution in [2.45, 2.75) is 58.8 Å². The topological polar surface area (TPSA) is 0 Å². The maximum absolute atomic E-state index is 2.25. The van der Waals surface area contributed by atoms with Gasteiger partial charge >= 0.3 is 0 Å². The molecule has 0 saturated heterocycles. The van der Waals surface area contributed by atoms with Crippen molar-refractivity contribution in [3.63, 3.8) is 0 Å². The fraction of sp³-hybridized carbons (Fsp3) is 0.625. The van der Waals surface area contributed by atoms with E-state index in [1.165, 1.54) is 50.5 Å². The van der Waals surface area contributed by atoms with E-state index in [0.29, 0.717) is 0 Å². The lowest BCUT2D eigenvalue weighted by Crippen LogP contribution is -1.97. The molecular weight excluding hydrogens is 192 g/mol. The van der Waals surface area contributed by atoms with Crippen LogP contribution in [0.15, 0.2) is 30.3 Å². The largest absolute Gasteiger partial charge is 0.0654 e. The second kappa shape index (κ2) is 8.38. The molecule has 1 aromatic rings. The highest BCUT2D eigenvalue weighted by Gasteiger charge is 2.14. The van der Waals surface area contributed by atoms with Gasteiger partial charge < -0.3 is 0 Å². The van der Waals surface area contributed by atoms with Crippen molar-refractivity contribution >= 4 is 0 Å². The number of rotatable bonds is 3. The highest BCUT2D eigenvalue weighted by molar-refractivity contribution is 5.15. The molecule has 16 heavy (non-hydrogen) atoms. The molecule has 1 aliphatic rings. The van der Waals surface area contributed by atoms with Gasteiger partial charge in [-0.2, -0.15) is 0 Å². The molecule has 0 atom stereocenters. The van der Waals surface area contributed by atoms with Crippen LogP contribution in [0.3, 0.4) is 0 Å². The molecule has 0 bridgehead atoms. The molecule has 0 heteroatoms. The van der Waals surface area contributed by atoms with Crippen molar-refractivity contribution in [2.75, 3.05) is 0 Å². The quantitative estimate of drug-likeness (QED) is 0.652. The number of benzene rings is 1. The van der Waals surface area contributed by atoms with Crippen LogP contribution >= 0.6 is 0 Å². The van der Waals surface area contributed by atoms with Gasteiger partial charge in [-0.25, -0.2) is 0 Å². The molecule has 0 spiro atoms. The van der Waals surface area contributed by atoms with E-state index in [1.807, 2.05) is 0 Å². The summed E-state index contributed by atoms with van der Waals surface area (Å²) in [5.41, 5.74) is 1.52. The molecule has 0 unspecified atom stereocenters. The normalized spacial score (nSPS) is 15.6. The Labute approximate surface area is 101 Å². The van der Waals surface area contributed by atoms with Crippen molar-refractivity contribution in [3.05, 3.63) is 35.9 Å². The zero-order valence-corrected chi connectivity index (χ0v) is 10.9. The van der Waals surface area contributed by atoms with E-state index in [9.17, 15) is 0 Å². The Morgan fingerprint density at radius 2 is 1.50 bits per heavy atom. The molecule has 1 saturated carbocycles. The fourth-order valence-corrected chi connectivity index (χ4v) is 2.16. The molecule has 0 N–H and O–H groups in total. The lowest BCUT2D eigenvalue weighted by Gasteiger charge is -2.07. The number of unbranched alkanes of at least 4 members (excludes halogenated alkanes) is 1. The van der Waals surface area contributed by atoms with Gasteiger partial charge in [0, 0.05) is 0 Å². The minimum absolute atomic E-state index is 0.979. The lowest BCUT2D eigenvalue weighted by atomic mass is 9.98. The van der Waals surface area contributed by atoms with Crippen molar-refractivity contribution in [3.8, 4) is 0 Å². The summed E-state index contributed by atoms with van der Waals surface area (Å²) in [6.07, 6.45) is 9.76. The summed E-state index contributed by atoms with van der Waals surface area (Å²) in [5.74, 6) is 0.979. The molecule has 0 radical (unpaired) electrons. The second-order valence-corrected chi connectivity index (χ2v) is 4.84. The maximum Gasteiger partial charge on any atom is -0.0250 e. The van der Waals surface area contributed by atoms with E-state index in [2.05, 4.69) is 44.2 Å². The minimum atomic E-state index is 0.979. The van der Waals surface area contributed by atoms with Crippen molar-refractivity contribution in [1.82, 2.24) is 0 Å². The molecule has 0 aliphatic heterocycles. The highest BCUT2D eigenvalue weighted by atomic mass is 14.2. The van der Waals surface area contributed by atoms with Gasteiger partial charge in [0.25, 0.3) is 0 Å². The first kappa shape index (κ1) is 13.3. The van der Waals surface area contributed by atoms with Crippen LogP contribution in [0.2, 0.25) is 0 Å². The summed E-state index contributed by atoms with van der Waals surface area (Å²) in [7, 11) is 0. The Hall–Kier alpha value is -0.780. The van der Waals surface area contributed by atoms with E-state index in [4.69, 9.17) is 0 Å². The van der Waals surface area contributed by atoms with Gasteiger partial charge in [-0.15, -0.1) is 0 Å². The van der Waals surface area contributed by atoms with Gasteiger partial charge in [-0.3, -0.25) is 0 Å². The highest BCUT2D eigenvalue weighted by Crippen LogP contribution is 2.27. The Morgan fingerprint density at radius 1 is 0.938 bits per heavy atom. The van der Waals surface area contributed by atoms with Crippen LogP contribution in [0, 0.1) is 5.92 Å². The lowest BCUT2D eigenvalue weighted by molar-refractivity contribution is 0.546. The van der Waals surface area contributed by atoms with E-state index in [0.717, 1.165) is 5.92 Å². The van der Waals surface area contributed by atoms with Crippen LogP contribution in [0.5, 0.6) is 0 Å². The summed E-state index contributed by atoms with van der Waals surface area (Å²) >= 11 is 0. The van der Waals surface area contributed by atoms with Gasteiger partial charge in [0.2, 0.25) is 0 Å². The van der Waals surface area contributed by atoms with E-state index >= 15 is 0 Å². The molecule has 2 rings (SSSR count). The van der Waals surface area contributed by atoms with E-state index < -0.39 is 0 Å². The predicted octanol–water partition coefficient (Wildman–Crippen LogP) is 5.23. The van der Waals surface area contributed by atoms with Gasteiger partial charge in [-0.05, 0) is 17.9 Å². The Balaban J connectivity index is 0.000000280. The van der Waals surface area contributed by atoms with Gasteiger partial charge in [0.15, 0.2) is 0 Å². The third kappa shape index (κ3) is 5.34. The van der Waals surface area contributed by atoms with E-state index in [-0.39, 0.29) is 0 Å². The zero-order valence-electron chi connectivity index (χ0n) is 10.9. The zero-order chi connectivity index (χ0) is 11.6. The molecule has 1 aromatic carbocycles. The first-order valence-corrected chi connectivity index (χ1v) is 6.90. The minimum Gasteiger partial charge on any atom is -0.0654 e. The molecule has 1 aliphatic carbocycles. The summed E-state index contributed by atoms with van der Waals surface area (Å²) in [4.78, 5) is 0. The Kier molecular flexibility index (Phi) is 6.96. The molecular formula is C16H26. The first-order chi connectivity index (χ1) is 7.86. The number of hydrogen-bond donors (Lipinski definition) is 0. The maximum atomic E-state index is 2.25. The molecule has 1 fully saturated rings. The molecule has 0 aromatic heterocycles.